The molecule has 1 aromatic rings. The topological polar surface area (TPSA) is 55.8 Å². The lowest BCUT2D eigenvalue weighted by atomic mass is 9.78. The summed E-state index contributed by atoms with van der Waals surface area (Å²) in [6, 6.07) is 1.30. The minimum absolute atomic E-state index is 0.00523. The van der Waals surface area contributed by atoms with Crippen molar-refractivity contribution < 1.29 is 23.8 Å². The third kappa shape index (κ3) is 2.10. The van der Waals surface area contributed by atoms with E-state index in [1.165, 1.54) is 20.3 Å². The molecule has 1 aliphatic rings. The van der Waals surface area contributed by atoms with E-state index in [0.29, 0.717) is 12.8 Å². The van der Waals surface area contributed by atoms with Gasteiger partial charge in [-0.15, -0.1) is 0 Å². The van der Waals surface area contributed by atoms with E-state index < -0.39 is 17.2 Å². The van der Waals surface area contributed by atoms with Gasteiger partial charge in [-0.1, -0.05) is 24.4 Å². The van der Waals surface area contributed by atoms with Gasteiger partial charge in [-0.25, -0.2) is 4.39 Å². The lowest BCUT2D eigenvalue weighted by Gasteiger charge is -2.28. The van der Waals surface area contributed by atoms with Gasteiger partial charge in [0.15, 0.2) is 11.5 Å². The first-order valence-corrected chi connectivity index (χ1v) is 6.69. The Morgan fingerprint density at radius 2 is 1.95 bits per heavy atom. The molecule has 0 amide bonds. The normalized spacial score (nSPS) is 17.0. The van der Waals surface area contributed by atoms with Crippen molar-refractivity contribution in [2.24, 2.45) is 0 Å². The standard InChI is InChI=1S/C14H16ClFO4/c1-19-9-7-8(15)11(16)10(12(9)20-2)14(13(17)18)5-3-4-6-14/h7H,3-6H2,1-2H3,(H,17,18). The smallest absolute Gasteiger partial charge is 0.314 e. The minimum atomic E-state index is -1.30. The molecule has 0 aromatic heterocycles. The molecule has 1 saturated carbocycles. The fourth-order valence-corrected chi connectivity index (χ4v) is 3.11. The molecule has 4 nitrogen and oxygen atoms in total. The number of carbonyl (C=O) groups is 1. The van der Waals surface area contributed by atoms with Crippen molar-refractivity contribution in [3.05, 3.63) is 22.5 Å². The lowest BCUT2D eigenvalue weighted by Crippen LogP contribution is -2.34. The van der Waals surface area contributed by atoms with Gasteiger partial charge in [0.05, 0.1) is 30.2 Å². The average Bonchev–Trinajstić information content (AvgIpc) is 2.91. The predicted octanol–water partition coefficient (Wildman–Crippen LogP) is 3.39. The number of rotatable bonds is 4. The summed E-state index contributed by atoms with van der Waals surface area (Å²) in [4.78, 5) is 11.7. The number of methoxy groups -OCH3 is 2. The summed E-state index contributed by atoms with van der Waals surface area (Å²) < 4.78 is 24.8. The zero-order valence-corrected chi connectivity index (χ0v) is 12.1. The van der Waals surface area contributed by atoms with Crippen LogP contribution in [0.2, 0.25) is 5.02 Å². The van der Waals surface area contributed by atoms with Gasteiger partial charge in [0, 0.05) is 6.07 Å². The molecule has 0 atom stereocenters. The molecule has 0 unspecified atom stereocenters. The maximum Gasteiger partial charge on any atom is 0.314 e. The van der Waals surface area contributed by atoms with Gasteiger partial charge in [0.1, 0.15) is 5.82 Å². The predicted molar refractivity (Wildman–Crippen MR) is 72.3 cm³/mol. The summed E-state index contributed by atoms with van der Waals surface area (Å²) in [5, 5.41) is 9.45. The van der Waals surface area contributed by atoms with Gasteiger partial charge in [0.25, 0.3) is 0 Å². The lowest BCUT2D eigenvalue weighted by molar-refractivity contribution is -0.143. The monoisotopic (exact) mass is 302 g/mol. The fraction of sp³-hybridized carbons (Fsp3) is 0.500. The molecule has 1 fully saturated rings. The van der Waals surface area contributed by atoms with E-state index in [9.17, 15) is 14.3 Å². The van der Waals surface area contributed by atoms with E-state index in [-0.39, 0.29) is 22.1 Å². The Bertz CT molecular complexity index is 538. The van der Waals surface area contributed by atoms with Gasteiger partial charge in [-0.2, -0.15) is 0 Å². The molecule has 6 heteroatoms. The molecular weight excluding hydrogens is 287 g/mol. The Kier molecular flexibility index (Phi) is 4.09. The first-order valence-electron chi connectivity index (χ1n) is 6.31. The minimum Gasteiger partial charge on any atom is -0.493 e. The van der Waals surface area contributed by atoms with Crippen LogP contribution in [0.25, 0.3) is 0 Å². The molecule has 0 aliphatic heterocycles. The number of halogens is 2. The van der Waals surface area contributed by atoms with Crippen LogP contribution in [0.4, 0.5) is 4.39 Å². The van der Waals surface area contributed by atoms with Crippen LogP contribution in [0, 0.1) is 5.82 Å². The molecule has 0 bridgehead atoms. The number of ether oxygens (including phenoxy) is 2. The fourth-order valence-electron chi connectivity index (χ4n) is 2.92. The van der Waals surface area contributed by atoms with Crippen molar-refractivity contribution in [2.45, 2.75) is 31.1 Å². The zero-order chi connectivity index (χ0) is 14.9. The average molecular weight is 303 g/mol. The summed E-state index contributed by atoms with van der Waals surface area (Å²) in [5.41, 5.74) is -1.30. The molecule has 2 rings (SSSR count). The van der Waals surface area contributed by atoms with Crippen molar-refractivity contribution in [1.82, 2.24) is 0 Å². The maximum absolute atomic E-state index is 14.5. The Hall–Kier alpha value is -1.49. The summed E-state index contributed by atoms with van der Waals surface area (Å²) in [6.45, 7) is 0. The van der Waals surface area contributed by atoms with Crippen molar-refractivity contribution in [3.8, 4) is 11.5 Å². The molecule has 1 aromatic carbocycles. The Labute approximate surface area is 121 Å². The molecule has 0 saturated heterocycles. The van der Waals surface area contributed by atoms with Crippen LogP contribution < -0.4 is 9.47 Å². The number of carboxylic acids is 1. The van der Waals surface area contributed by atoms with Gasteiger partial charge < -0.3 is 14.6 Å². The Morgan fingerprint density at radius 1 is 1.35 bits per heavy atom. The van der Waals surface area contributed by atoms with E-state index in [4.69, 9.17) is 21.1 Å². The van der Waals surface area contributed by atoms with Crippen LogP contribution in [0.5, 0.6) is 11.5 Å². The van der Waals surface area contributed by atoms with Crippen molar-refractivity contribution in [3.63, 3.8) is 0 Å². The van der Waals surface area contributed by atoms with Crippen LogP contribution >= 0.6 is 11.6 Å². The number of hydrogen-bond acceptors (Lipinski definition) is 3. The van der Waals surface area contributed by atoms with Gasteiger partial charge >= 0.3 is 5.97 Å². The van der Waals surface area contributed by atoms with E-state index in [2.05, 4.69) is 0 Å². The number of aliphatic carboxylic acids is 1. The third-order valence-corrected chi connectivity index (χ3v) is 4.18. The van der Waals surface area contributed by atoms with E-state index in [1.807, 2.05) is 0 Å². The highest BCUT2D eigenvalue weighted by molar-refractivity contribution is 6.31. The highest BCUT2D eigenvalue weighted by Gasteiger charge is 2.48. The quantitative estimate of drug-likeness (QED) is 0.926. The van der Waals surface area contributed by atoms with Crippen LogP contribution in [0.1, 0.15) is 31.2 Å². The second-order valence-corrected chi connectivity index (χ2v) is 5.28. The molecule has 1 N–H and O–H groups in total. The van der Waals surface area contributed by atoms with Crippen molar-refractivity contribution >= 4 is 17.6 Å². The number of hydrogen-bond donors (Lipinski definition) is 1. The summed E-state index contributed by atoms with van der Waals surface area (Å²) in [6.07, 6.45) is 2.17. The first kappa shape index (κ1) is 14.9. The SMILES string of the molecule is COc1cc(Cl)c(F)c(C2(C(=O)O)CCCC2)c1OC. The molecule has 0 spiro atoms. The Morgan fingerprint density at radius 3 is 2.40 bits per heavy atom. The molecule has 1 aliphatic carbocycles. The van der Waals surface area contributed by atoms with Crippen LogP contribution in [-0.2, 0) is 10.2 Å². The van der Waals surface area contributed by atoms with Crippen LogP contribution in [0.15, 0.2) is 6.07 Å². The van der Waals surface area contributed by atoms with E-state index in [1.54, 1.807) is 0 Å². The molecule has 20 heavy (non-hydrogen) atoms. The van der Waals surface area contributed by atoms with Crippen molar-refractivity contribution in [2.75, 3.05) is 14.2 Å². The largest absolute Gasteiger partial charge is 0.493 e. The van der Waals surface area contributed by atoms with E-state index >= 15 is 0 Å². The first-order chi connectivity index (χ1) is 9.47. The summed E-state index contributed by atoms with van der Waals surface area (Å²) in [5.74, 6) is -1.45. The zero-order valence-electron chi connectivity index (χ0n) is 11.3. The molecule has 0 radical (unpaired) electrons. The van der Waals surface area contributed by atoms with Gasteiger partial charge in [-0.3, -0.25) is 4.79 Å². The van der Waals surface area contributed by atoms with Gasteiger partial charge in [0.2, 0.25) is 0 Å². The van der Waals surface area contributed by atoms with Crippen LogP contribution in [0.3, 0.4) is 0 Å². The molecular formula is C14H16ClFO4. The number of carboxylic acid groups (broad SMARTS) is 1. The second kappa shape index (κ2) is 5.48. The molecule has 0 heterocycles. The summed E-state index contributed by atoms with van der Waals surface area (Å²) >= 11 is 5.87. The second-order valence-electron chi connectivity index (χ2n) is 4.88. The Balaban J connectivity index is 2.77. The van der Waals surface area contributed by atoms with Crippen LogP contribution in [-0.4, -0.2) is 25.3 Å². The van der Waals surface area contributed by atoms with E-state index in [0.717, 1.165) is 12.8 Å². The highest BCUT2D eigenvalue weighted by atomic mass is 35.5. The highest BCUT2D eigenvalue weighted by Crippen LogP contribution is 2.50. The van der Waals surface area contributed by atoms with Crippen molar-refractivity contribution in [1.29, 1.82) is 0 Å². The number of benzene rings is 1. The summed E-state index contributed by atoms with van der Waals surface area (Å²) in [7, 11) is 2.76. The third-order valence-electron chi connectivity index (χ3n) is 3.91. The van der Waals surface area contributed by atoms with Gasteiger partial charge in [-0.05, 0) is 12.8 Å². The maximum atomic E-state index is 14.5. The molecule has 110 valence electrons.